The molecule has 7 heteroatoms. The number of alkyl halides is 1. The predicted molar refractivity (Wildman–Crippen MR) is 107 cm³/mol. The van der Waals surface area contributed by atoms with Gasteiger partial charge in [0.2, 0.25) is 0 Å². The standard InChI is InChI=1S/C21H14Cl2N2O3/c22-16-10-8-15(9-11-16)21(23)19-7-2-1-6-18(19)20(26)24(21)13-14-4-3-5-17(12-14)25(27)28/h1-12H,13H2. The van der Waals surface area contributed by atoms with Crippen LogP contribution in [-0.2, 0) is 11.5 Å². The Morgan fingerprint density at radius 1 is 1.00 bits per heavy atom. The van der Waals surface area contributed by atoms with Gasteiger partial charge >= 0.3 is 0 Å². The van der Waals surface area contributed by atoms with Gasteiger partial charge in [-0.25, -0.2) is 0 Å². The number of non-ortho nitro benzene ring substituents is 1. The number of fused-ring (bicyclic) bond motifs is 1. The minimum atomic E-state index is -1.23. The van der Waals surface area contributed by atoms with Gasteiger partial charge in [0.25, 0.3) is 11.6 Å². The molecule has 0 bridgehead atoms. The van der Waals surface area contributed by atoms with Crippen LogP contribution in [-0.4, -0.2) is 15.7 Å². The summed E-state index contributed by atoms with van der Waals surface area (Å²) in [6, 6.07) is 20.4. The first-order chi connectivity index (χ1) is 13.4. The third-order valence-corrected chi connectivity index (χ3v) is 5.70. The van der Waals surface area contributed by atoms with Crippen molar-refractivity contribution in [2.75, 3.05) is 0 Å². The lowest BCUT2D eigenvalue weighted by Gasteiger charge is -2.34. The molecular weight excluding hydrogens is 399 g/mol. The molecule has 1 unspecified atom stereocenters. The zero-order chi connectivity index (χ0) is 19.9. The maximum atomic E-state index is 13.2. The minimum Gasteiger partial charge on any atom is -0.307 e. The smallest absolute Gasteiger partial charge is 0.269 e. The molecule has 0 N–H and O–H groups in total. The summed E-state index contributed by atoms with van der Waals surface area (Å²) in [6.45, 7) is 0.126. The average Bonchev–Trinajstić information content (AvgIpc) is 2.92. The van der Waals surface area contributed by atoms with Crippen LogP contribution >= 0.6 is 23.2 Å². The first kappa shape index (κ1) is 18.5. The van der Waals surface area contributed by atoms with Gasteiger partial charge in [-0.15, -0.1) is 0 Å². The molecule has 3 aromatic carbocycles. The number of hydrogen-bond donors (Lipinski definition) is 0. The van der Waals surface area contributed by atoms with E-state index in [1.54, 1.807) is 48.5 Å². The van der Waals surface area contributed by atoms with Gasteiger partial charge in [0.05, 0.1) is 4.92 Å². The van der Waals surface area contributed by atoms with Gasteiger partial charge in [0.15, 0.2) is 5.00 Å². The van der Waals surface area contributed by atoms with Crippen LogP contribution < -0.4 is 0 Å². The van der Waals surface area contributed by atoms with Crippen LogP contribution in [0.3, 0.4) is 0 Å². The molecule has 1 aliphatic rings. The summed E-state index contributed by atoms with van der Waals surface area (Å²) in [5, 5.41) is 11.7. The lowest BCUT2D eigenvalue weighted by atomic mass is 9.97. The first-order valence-corrected chi connectivity index (χ1v) is 9.26. The molecule has 5 nitrogen and oxygen atoms in total. The molecule has 1 amide bonds. The van der Waals surface area contributed by atoms with Crippen LogP contribution in [0.5, 0.6) is 0 Å². The van der Waals surface area contributed by atoms with Crippen LogP contribution in [0, 0.1) is 10.1 Å². The summed E-state index contributed by atoms with van der Waals surface area (Å²) in [7, 11) is 0. The molecule has 3 aromatic rings. The third kappa shape index (κ3) is 2.93. The SMILES string of the molecule is O=C1c2ccccc2C(Cl)(c2ccc(Cl)cc2)N1Cc1cccc([N+](=O)[O-])c1. The average molecular weight is 413 g/mol. The molecule has 1 atom stereocenters. The number of carbonyl (C=O) groups is 1. The highest BCUT2D eigenvalue weighted by atomic mass is 35.5. The van der Waals surface area contributed by atoms with E-state index in [0.29, 0.717) is 27.3 Å². The second-order valence-corrected chi connectivity index (χ2v) is 7.48. The van der Waals surface area contributed by atoms with Crippen molar-refractivity contribution in [1.82, 2.24) is 4.90 Å². The van der Waals surface area contributed by atoms with Crippen molar-refractivity contribution in [2.45, 2.75) is 11.5 Å². The van der Waals surface area contributed by atoms with Gasteiger partial charge in [-0.2, -0.15) is 0 Å². The number of nitro groups is 1. The summed E-state index contributed by atoms with van der Waals surface area (Å²) in [4.78, 5) is 24.1. The molecule has 28 heavy (non-hydrogen) atoms. The van der Waals surface area contributed by atoms with Gasteiger partial charge in [0, 0.05) is 34.8 Å². The Kier molecular flexibility index (Phi) is 4.57. The van der Waals surface area contributed by atoms with E-state index in [4.69, 9.17) is 23.2 Å². The minimum absolute atomic E-state index is 0.0340. The van der Waals surface area contributed by atoms with E-state index in [-0.39, 0.29) is 18.1 Å². The first-order valence-electron chi connectivity index (χ1n) is 8.51. The number of benzene rings is 3. The van der Waals surface area contributed by atoms with Gasteiger partial charge in [-0.05, 0) is 29.3 Å². The third-order valence-electron chi connectivity index (χ3n) is 4.82. The van der Waals surface area contributed by atoms with Crippen LogP contribution in [0.2, 0.25) is 5.02 Å². The number of carbonyl (C=O) groups excluding carboxylic acids is 1. The molecule has 1 heterocycles. The van der Waals surface area contributed by atoms with E-state index in [2.05, 4.69) is 0 Å². The predicted octanol–water partition coefficient (Wildman–Crippen LogP) is 5.34. The Balaban J connectivity index is 1.83. The summed E-state index contributed by atoms with van der Waals surface area (Å²) in [5.41, 5.74) is 2.47. The Morgan fingerprint density at radius 3 is 2.43 bits per heavy atom. The van der Waals surface area contributed by atoms with Crippen molar-refractivity contribution >= 4 is 34.8 Å². The zero-order valence-electron chi connectivity index (χ0n) is 14.5. The van der Waals surface area contributed by atoms with Crippen molar-refractivity contribution in [1.29, 1.82) is 0 Å². The number of halogens is 2. The topological polar surface area (TPSA) is 63.5 Å². The number of nitro benzene ring substituents is 1. The van der Waals surface area contributed by atoms with Crippen molar-refractivity contribution < 1.29 is 9.72 Å². The Morgan fingerprint density at radius 2 is 1.71 bits per heavy atom. The molecule has 0 radical (unpaired) electrons. The fourth-order valence-electron chi connectivity index (χ4n) is 3.50. The fourth-order valence-corrected chi connectivity index (χ4v) is 4.06. The molecule has 0 spiro atoms. The van der Waals surface area contributed by atoms with E-state index >= 15 is 0 Å². The lowest BCUT2D eigenvalue weighted by molar-refractivity contribution is -0.384. The molecule has 0 saturated heterocycles. The van der Waals surface area contributed by atoms with Crippen LogP contribution in [0.15, 0.2) is 72.8 Å². The highest BCUT2D eigenvalue weighted by Gasteiger charge is 2.49. The maximum Gasteiger partial charge on any atom is 0.269 e. The largest absolute Gasteiger partial charge is 0.307 e. The Hall–Kier alpha value is -2.89. The Labute approximate surface area is 171 Å². The molecule has 1 aliphatic heterocycles. The highest BCUT2D eigenvalue weighted by molar-refractivity contribution is 6.31. The second-order valence-electron chi connectivity index (χ2n) is 6.49. The van der Waals surface area contributed by atoms with E-state index in [1.165, 1.54) is 17.0 Å². The quantitative estimate of drug-likeness (QED) is 0.251. The summed E-state index contributed by atoms with van der Waals surface area (Å²) in [5.74, 6) is -0.230. The molecule has 4 rings (SSSR count). The van der Waals surface area contributed by atoms with Crippen molar-refractivity contribution in [2.24, 2.45) is 0 Å². The summed E-state index contributed by atoms with van der Waals surface area (Å²) < 4.78 is 0. The summed E-state index contributed by atoms with van der Waals surface area (Å²) in [6.07, 6.45) is 0. The fraction of sp³-hybridized carbons (Fsp3) is 0.0952. The molecule has 140 valence electrons. The van der Waals surface area contributed by atoms with Gasteiger partial charge in [0.1, 0.15) is 0 Å². The van der Waals surface area contributed by atoms with E-state index < -0.39 is 9.92 Å². The molecule has 0 saturated carbocycles. The normalized spacial score (nSPS) is 18.2. The van der Waals surface area contributed by atoms with Crippen molar-refractivity contribution in [3.63, 3.8) is 0 Å². The zero-order valence-corrected chi connectivity index (χ0v) is 16.0. The molecule has 0 aromatic heterocycles. The number of nitrogens with zero attached hydrogens (tertiary/aromatic N) is 2. The maximum absolute atomic E-state index is 13.2. The van der Waals surface area contributed by atoms with E-state index in [9.17, 15) is 14.9 Å². The van der Waals surface area contributed by atoms with Gasteiger partial charge < -0.3 is 4.90 Å². The van der Waals surface area contributed by atoms with E-state index in [0.717, 1.165) is 0 Å². The second kappa shape index (κ2) is 6.93. The highest BCUT2D eigenvalue weighted by Crippen LogP contribution is 2.48. The number of hydrogen-bond acceptors (Lipinski definition) is 3. The molecule has 0 fully saturated rings. The molecular formula is C21H14Cl2N2O3. The van der Waals surface area contributed by atoms with Crippen molar-refractivity contribution in [3.8, 4) is 0 Å². The molecule has 0 aliphatic carbocycles. The lowest BCUT2D eigenvalue weighted by Crippen LogP contribution is -2.39. The summed E-state index contributed by atoms with van der Waals surface area (Å²) >= 11 is 13.1. The monoisotopic (exact) mass is 412 g/mol. The van der Waals surface area contributed by atoms with Crippen molar-refractivity contribution in [3.05, 3.63) is 110 Å². The number of rotatable bonds is 4. The number of amides is 1. The van der Waals surface area contributed by atoms with Crippen LogP contribution in [0.4, 0.5) is 5.69 Å². The van der Waals surface area contributed by atoms with Crippen LogP contribution in [0.1, 0.15) is 27.0 Å². The van der Waals surface area contributed by atoms with Gasteiger partial charge in [-0.3, -0.25) is 14.9 Å². The van der Waals surface area contributed by atoms with Crippen LogP contribution in [0.25, 0.3) is 0 Å². The van der Waals surface area contributed by atoms with Gasteiger partial charge in [-0.1, -0.05) is 65.7 Å². The van der Waals surface area contributed by atoms with E-state index in [1.807, 2.05) is 12.1 Å². The Bertz CT molecular complexity index is 1090.